The first-order valence-electron chi connectivity index (χ1n) is 6.88. The van der Waals surface area contributed by atoms with E-state index in [9.17, 15) is 5.11 Å². The van der Waals surface area contributed by atoms with Crippen molar-refractivity contribution in [3.63, 3.8) is 0 Å². The minimum atomic E-state index is -0.348. The summed E-state index contributed by atoms with van der Waals surface area (Å²) in [6.07, 6.45) is 1.90. The van der Waals surface area contributed by atoms with Gasteiger partial charge in [0.05, 0.1) is 17.3 Å². The Kier molecular flexibility index (Phi) is 4.93. The van der Waals surface area contributed by atoms with Crippen LogP contribution in [0.25, 0.3) is 10.9 Å². The first-order chi connectivity index (χ1) is 9.22. The van der Waals surface area contributed by atoms with Crippen molar-refractivity contribution in [1.82, 2.24) is 9.78 Å². The van der Waals surface area contributed by atoms with Crippen LogP contribution >= 0.6 is 0 Å². The van der Waals surface area contributed by atoms with Crippen LogP contribution in [0.3, 0.4) is 0 Å². The Morgan fingerprint density at radius 2 is 2.16 bits per heavy atom. The molecule has 1 N–H and O–H groups in total. The average Bonchev–Trinajstić information content (AvgIpc) is 2.72. The maximum absolute atomic E-state index is 10.1. The summed E-state index contributed by atoms with van der Waals surface area (Å²) in [5.41, 5.74) is 2.08. The third-order valence-corrected chi connectivity index (χ3v) is 3.29. The predicted molar refractivity (Wildman–Crippen MR) is 76.2 cm³/mol. The van der Waals surface area contributed by atoms with Crippen LogP contribution in [-0.2, 0) is 18.2 Å². The van der Waals surface area contributed by atoms with Crippen molar-refractivity contribution < 1.29 is 9.84 Å². The monoisotopic (exact) mass is 262 g/mol. The van der Waals surface area contributed by atoms with E-state index in [1.165, 1.54) is 0 Å². The number of hydrogen-bond acceptors (Lipinski definition) is 3. The number of ether oxygens (including phenoxy) is 1. The quantitative estimate of drug-likeness (QED) is 0.779. The van der Waals surface area contributed by atoms with E-state index < -0.39 is 0 Å². The highest BCUT2D eigenvalue weighted by atomic mass is 16.5. The van der Waals surface area contributed by atoms with Crippen molar-refractivity contribution in [2.75, 3.05) is 13.2 Å². The lowest BCUT2D eigenvalue weighted by molar-refractivity contribution is 0.114. The Labute approximate surface area is 114 Å². The molecule has 1 heterocycles. The van der Waals surface area contributed by atoms with Crippen molar-refractivity contribution in [2.45, 2.75) is 32.3 Å². The van der Waals surface area contributed by atoms with Gasteiger partial charge in [0.1, 0.15) is 0 Å². The molecule has 19 heavy (non-hydrogen) atoms. The lowest BCUT2D eigenvalue weighted by Gasteiger charge is -2.09. The van der Waals surface area contributed by atoms with Crippen LogP contribution in [0.1, 0.15) is 25.5 Å². The van der Waals surface area contributed by atoms with E-state index in [1.54, 1.807) is 0 Å². The van der Waals surface area contributed by atoms with Gasteiger partial charge in [-0.15, -0.1) is 0 Å². The molecular formula is C15H22N2O2. The van der Waals surface area contributed by atoms with Crippen LogP contribution in [0.4, 0.5) is 0 Å². The van der Waals surface area contributed by atoms with Gasteiger partial charge in [-0.1, -0.05) is 18.2 Å². The summed E-state index contributed by atoms with van der Waals surface area (Å²) in [5.74, 6) is 0. The Bertz CT molecular complexity index is 522. The number of rotatable bonds is 7. The van der Waals surface area contributed by atoms with Crippen LogP contribution in [0.15, 0.2) is 24.3 Å². The van der Waals surface area contributed by atoms with Gasteiger partial charge < -0.3 is 9.84 Å². The molecule has 1 aromatic heterocycles. The summed E-state index contributed by atoms with van der Waals surface area (Å²) in [4.78, 5) is 0. The number of nitrogens with zero attached hydrogens (tertiary/aromatic N) is 2. The molecule has 1 atom stereocenters. The summed E-state index contributed by atoms with van der Waals surface area (Å²) >= 11 is 0. The molecule has 0 aliphatic heterocycles. The molecule has 0 fully saturated rings. The zero-order valence-electron chi connectivity index (χ0n) is 11.7. The van der Waals surface area contributed by atoms with Gasteiger partial charge in [-0.3, -0.25) is 4.68 Å². The van der Waals surface area contributed by atoms with Crippen molar-refractivity contribution in [3.05, 3.63) is 30.0 Å². The van der Waals surface area contributed by atoms with Crippen molar-refractivity contribution >= 4 is 10.9 Å². The minimum absolute atomic E-state index is 0.348. The van der Waals surface area contributed by atoms with Gasteiger partial charge in [-0.05, 0) is 25.8 Å². The van der Waals surface area contributed by atoms with Gasteiger partial charge in [0.2, 0.25) is 0 Å². The summed E-state index contributed by atoms with van der Waals surface area (Å²) < 4.78 is 7.15. The van der Waals surface area contributed by atoms with Crippen LogP contribution in [0.5, 0.6) is 0 Å². The molecule has 2 aromatic rings. The molecule has 0 spiro atoms. The Morgan fingerprint density at radius 1 is 1.37 bits per heavy atom. The average molecular weight is 262 g/mol. The number of aryl methyl sites for hydroxylation is 1. The van der Waals surface area contributed by atoms with Gasteiger partial charge in [0.15, 0.2) is 0 Å². The third kappa shape index (κ3) is 3.55. The molecule has 0 amide bonds. The van der Waals surface area contributed by atoms with E-state index in [0.29, 0.717) is 6.42 Å². The number of para-hydroxylation sites is 1. The molecule has 104 valence electrons. The Hall–Kier alpha value is -1.39. The molecule has 2 rings (SSSR count). The molecule has 0 saturated carbocycles. The lowest BCUT2D eigenvalue weighted by Crippen LogP contribution is -2.12. The fraction of sp³-hybridized carbons (Fsp3) is 0.533. The predicted octanol–water partition coefficient (Wildman–Crippen LogP) is 2.29. The second-order valence-electron chi connectivity index (χ2n) is 4.78. The second kappa shape index (κ2) is 6.68. The van der Waals surface area contributed by atoms with E-state index in [2.05, 4.69) is 11.2 Å². The zero-order chi connectivity index (χ0) is 13.7. The fourth-order valence-electron chi connectivity index (χ4n) is 2.33. The number of aliphatic hydroxyl groups excluding tert-OH is 1. The smallest absolute Gasteiger partial charge is 0.0728 e. The van der Waals surface area contributed by atoms with Crippen LogP contribution in [0.2, 0.25) is 0 Å². The Morgan fingerprint density at radius 3 is 2.95 bits per heavy atom. The fourth-order valence-corrected chi connectivity index (χ4v) is 2.33. The second-order valence-corrected chi connectivity index (χ2v) is 4.78. The number of benzene rings is 1. The first-order valence-corrected chi connectivity index (χ1v) is 6.88. The van der Waals surface area contributed by atoms with Crippen molar-refractivity contribution in [2.24, 2.45) is 7.05 Å². The molecule has 1 unspecified atom stereocenters. The number of aliphatic hydroxyl groups is 1. The van der Waals surface area contributed by atoms with Gasteiger partial charge in [-0.25, -0.2) is 0 Å². The van der Waals surface area contributed by atoms with Crippen molar-refractivity contribution in [3.8, 4) is 0 Å². The summed E-state index contributed by atoms with van der Waals surface area (Å²) in [6.45, 7) is 3.44. The topological polar surface area (TPSA) is 47.3 Å². The molecule has 4 nitrogen and oxygen atoms in total. The number of aromatic nitrogens is 2. The molecule has 0 radical (unpaired) electrons. The third-order valence-electron chi connectivity index (χ3n) is 3.29. The van der Waals surface area contributed by atoms with E-state index in [4.69, 9.17) is 4.74 Å². The molecule has 1 aromatic carbocycles. The zero-order valence-corrected chi connectivity index (χ0v) is 11.7. The highest BCUT2D eigenvalue weighted by molar-refractivity contribution is 5.81. The normalized spacial score (nSPS) is 13.0. The Balaban J connectivity index is 1.97. The summed E-state index contributed by atoms with van der Waals surface area (Å²) in [5, 5.41) is 15.7. The SMILES string of the molecule is CCOCCCC(O)Cc1nn(C)c2ccccc12. The van der Waals surface area contributed by atoms with Gasteiger partial charge in [0.25, 0.3) is 0 Å². The van der Waals surface area contributed by atoms with E-state index >= 15 is 0 Å². The maximum atomic E-state index is 10.1. The maximum Gasteiger partial charge on any atom is 0.0728 e. The van der Waals surface area contributed by atoms with Crippen LogP contribution in [0, 0.1) is 0 Å². The summed E-state index contributed by atoms with van der Waals surface area (Å²) in [6, 6.07) is 8.12. The van der Waals surface area contributed by atoms with Crippen LogP contribution in [-0.4, -0.2) is 34.2 Å². The molecule has 0 aliphatic carbocycles. The first kappa shape index (κ1) is 14.0. The highest BCUT2D eigenvalue weighted by Gasteiger charge is 2.12. The van der Waals surface area contributed by atoms with Gasteiger partial charge >= 0.3 is 0 Å². The largest absolute Gasteiger partial charge is 0.393 e. The molecule has 0 saturated heterocycles. The van der Waals surface area contributed by atoms with E-state index in [0.717, 1.165) is 42.7 Å². The standard InChI is InChI=1S/C15H22N2O2/c1-3-19-10-6-7-12(18)11-14-13-8-4-5-9-15(13)17(2)16-14/h4-5,8-9,12,18H,3,6-7,10-11H2,1-2H3. The summed E-state index contributed by atoms with van der Waals surface area (Å²) in [7, 11) is 1.94. The number of hydrogen-bond donors (Lipinski definition) is 1. The highest BCUT2D eigenvalue weighted by Crippen LogP contribution is 2.19. The van der Waals surface area contributed by atoms with E-state index in [-0.39, 0.29) is 6.10 Å². The van der Waals surface area contributed by atoms with Crippen molar-refractivity contribution in [1.29, 1.82) is 0 Å². The van der Waals surface area contributed by atoms with Gasteiger partial charge in [-0.2, -0.15) is 5.10 Å². The molecule has 0 bridgehead atoms. The minimum Gasteiger partial charge on any atom is -0.393 e. The lowest BCUT2D eigenvalue weighted by atomic mass is 10.1. The van der Waals surface area contributed by atoms with Crippen LogP contribution < -0.4 is 0 Å². The van der Waals surface area contributed by atoms with E-state index in [1.807, 2.05) is 36.9 Å². The molecule has 0 aliphatic rings. The molecule has 4 heteroatoms. The van der Waals surface area contributed by atoms with Gasteiger partial charge in [0, 0.05) is 32.1 Å². The number of fused-ring (bicyclic) bond motifs is 1. The molecular weight excluding hydrogens is 240 g/mol.